The van der Waals surface area contributed by atoms with E-state index >= 15 is 9.59 Å². The van der Waals surface area contributed by atoms with Crippen LogP contribution in [-0.2, 0) is 53.0 Å². The van der Waals surface area contributed by atoms with Crippen molar-refractivity contribution < 1.29 is 119 Å². The fourth-order valence-corrected chi connectivity index (χ4v) is 17.2. The molecule has 4 saturated heterocycles. The number of aliphatic hydroxyl groups is 4. The molecule has 0 radical (unpaired) electrons. The largest absolute Gasteiger partial charge is 0.506 e. The zero-order valence-electron chi connectivity index (χ0n) is 55.9. The van der Waals surface area contributed by atoms with Crippen molar-refractivity contribution in [3.63, 3.8) is 0 Å². The number of fused-ring (bicyclic) bond motifs is 8. The first-order valence-electron chi connectivity index (χ1n) is 32.6. The number of aromatic hydroxyl groups is 4. The third-order valence-electron chi connectivity index (χ3n) is 21.5. The van der Waals surface area contributed by atoms with Crippen LogP contribution in [0.3, 0.4) is 0 Å². The van der Waals surface area contributed by atoms with Crippen molar-refractivity contribution in [3.8, 4) is 23.0 Å². The van der Waals surface area contributed by atoms with Crippen LogP contribution in [0.25, 0.3) is 54.2 Å². The number of Topliss-reactive ketones (excluding diaryl/α,β-unsaturated/α-hetero) is 2. The van der Waals surface area contributed by atoms with E-state index in [0.29, 0.717) is 0 Å². The maximum absolute atomic E-state index is 17.8. The van der Waals surface area contributed by atoms with Crippen LogP contribution >= 0.6 is 0 Å². The van der Waals surface area contributed by atoms with E-state index in [1.165, 1.54) is 41.9 Å². The Kier molecular flexibility index (Phi) is 18.8. The molecule has 22 unspecified atom stereocenters. The van der Waals surface area contributed by atoms with E-state index < -0.39 is 279 Å². The van der Waals surface area contributed by atoms with Gasteiger partial charge in [-0.15, -0.1) is 0 Å². The number of ketones is 2. The third kappa shape index (κ3) is 10.5. The van der Waals surface area contributed by atoms with Crippen molar-refractivity contribution in [2.45, 2.75) is 202 Å². The number of rotatable bonds is 15. The lowest BCUT2D eigenvalue weighted by molar-refractivity contribution is -0.348. The second-order valence-electron chi connectivity index (χ2n) is 27.1. The van der Waals surface area contributed by atoms with Gasteiger partial charge in [-0.3, -0.25) is 28.8 Å². The van der Waals surface area contributed by atoms with Gasteiger partial charge < -0.3 is 109 Å². The molecule has 2 aliphatic carbocycles. The predicted molar refractivity (Wildman–Crippen MR) is 358 cm³/mol. The second-order valence-corrected chi connectivity index (χ2v) is 27.1. The maximum atomic E-state index is 17.8. The average Bonchev–Trinajstić information content (AvgIpc) is 1.45. The number of hydrogen-bond donors (Lipinski definition) is 8. The number of ether oxygens (including phenoxy) is 10. The highest BCUT2D eigenvalue weighted by Crippen LogP contribution is 2.61. The van der Waals surface area contributed by atoms with Crippen LogP contribution in [-0.4, -0.2) is 224 Å². The smallest absolute Gasteiger partial charge is 0.333 e. The fourth-order valence-electron chi connectivity index (χ4n) is 17.2. The summed E-state index contributed by atoms with van der Waals surface area (Å²) in [5.41, 5.74) is 11.6. The van der Waals surface area contributed by atoms with E-state index in [-0.39, 0.29) is 37.1 Å². The number of phenolic OH excluding ortho intramolecular Hbond substituents is 4. The number of methoxy groups -OCH3 is 2. The summed E-state index contributed by atoms with van der Waals surface area (Å²) in [6, 6.07) is 1.96. The highest BCUT2D eigenvalue weighted by Gasteiger charge is 2.70. The van der Waals surface area contributed by atoms with Gasteiger partial charge in [0.05, 0.1) is 105 Å². The first-order valence-corrected chi connectivity index (χ1v) is 32.6. The van der Waals surface area contributed by atoms with Gasteiger partial charge >= 0.3 is 10.7 Å². The summed E-state index contributed by atoms with van der Waals surface area (Å²) in [5.74, 6) is -11.6. The van der Waals surface area contributed by atoms with Crippen molar-refractivity contribution in [1.82, 2.24) is 9.80 Å². The summed E-state index contributed by atoms with van der Waals surface area (Å²) < 4.78 is 67.5. The number of aliphatic hydroxyl groups excluding tert-OH is 4. The van der Waals surface area contributed by atoms with Gasteiger partial charge in [0.25, 0.3) is 0 Å². The number of likely N-dealkylation sites (N-methyl/N-ethyl adjacent to an activating group) is 2. The minimum absolute atomic E-state index is 0. The van der Waals surface area contributed by atoms with Crippen molar-refractivity contribution in [3.05, 3.63) is 109 Å². The standard InChI is InChI=1S/C68H80N6O24.8H2/c1-13-67(97-37-20-32(80)56(74(9)10)24(4)92-37)51-46(45-48(54(51)72-70)62(86)42-30(78)18-16-28(76)40(42)60(45)84)63(87)50(66(67)96-36-21-33(89-11)57(81)25(5)93-36)52-64(88)44-43-47(61(85)41-29(77)17-15-27(75)39(41)59(43)83)53(71-69)49(44)65(95-35-19-31(79)55(73(7)8)23(3)91-35)68(52,14-2)98-38-22-34(90-12)58(82)26(6)94-38;;;;;;;;/h15-18,23-26,31-38,50,52,55-58,65-66,79-86H,13-14,19-22H2,1-12H3;8*1H. The summed E-state index contributed by atoms with van der Waals surface area (Å²) >= 11 is 0. The molecule has 0 spiro atoms. The molecule has 0 bridgehead atoms. The van der Waals surface area contributed by atoms with E-state index in [1.807, 2.05) is 0 Å². The van der Waals surface area contributed by atoms with Gasteiger partial charge in [0.1, 0.15) is 69.4 Å². The molecule has 542 valence electrons. The van der Waals surface area contributed by atoms with E-state index in [1.54, 1.807) is 51.8 Å². The second kappa shape index (κ2) is 26.0. The Morgan fingerprint density at radius 3 is 1.39 bits per heavy atom. The summed E-state index contributed by atoms with van der Waals surface area (Å²) in [6.07, 6.45) is -24.5. The number of benzene rings is 4. The van der Waals surface area contributed by atoms with E-state index in [2.05, 4.69) is 9.58 Å². The number of carbonyl (C=O) groups excluding carboxylic acids is 2. The lowest BCUT2D eigenvalue weighted by Crippen LogP contribution is -2.67. The Bertz CT molecular complexity index is 4630. The molecule has 30 nitrogen and oxygen atoms in total. The van der Waals surface area contributed by atoms with Crippen molar-refractivity contribution in [1.29, 1.82) is 0 Å². The molecule has 0 amide bonds. The van der Waals surface area contributed by atoms with Crippen LogP contribution in [0.2, 0.25) is 0 Å². The lowest BCUT2D eigenvalue weighted by Gasteiger charge is -2.56. The van der Waals surface area contributed by atoms with Crippen LogP contribution in [0.1, 0.15) is 129 Å². The van der Waals surface area contributed by atoms with Gasteiger partial charge in [-0.25, -0.2) is 0 Å². The number of hydrogen-bond acceptors (Lipinski definition) is 26. The van der Waals surface area contributed by atoms with Gasteiger partial charge in [0, 0.05) is 73.2 Å². The highest BCUT2D eigenvalue weighted by atomic mass is 16.7. The molecular formula is C68H96N6O24. The van der Waals surface area contributed by atoms with Gasteiger partial charge in [-0.2, -0.15) is 9.58 Å². The molecule has 0 aromatic heterocycles. The van der Waals surface area contributed by atoms with Crippen LogP contribution in [0.4, 0.5) is 0 Å². The zero-order valence-corrected chi connectivity index (χ0v) is 55.9. The Balaban J connectivity index is 0.00000297. The van der Waals surface area contributed by atoms with Crippen LogP contribution in [0, 0.1) is 11.8 Å². The quantitative estimate of drug-likeness (QED) is 0.0416. The zero-order chi connectivity index (χ0) is 71.1. The Morgan fingerprint density at radius 1 is 0.531 bits per heavy atom. The summed E-state index contributed by atoms with van der Waals surface area (Å²) in [4.78, 5) is 103. The topological polar surface area (TPSA) is 436 Å². The predicted octanol–water partition coefficient (Wildman–Crippen LogP) is 2.97. The molecule has 0 saturated carbocycles. The molecular weight excluding hydrogens is 1280 g/mol. The van der Waals surface area contributed by atoms with Crippen LogP contribution < -0.4 is 32.4 Å². The van der Waals surface area contributed by atoms with E-state index in [4.69, 9.17) is 47.4 Å². The van der Waals surface area contributed by atoms with Crippen molar-refractivity contribution in [2.75, 3.05) is 42.4 Å². The molecule has 6 aliphatic rings. The minimum atomic E-state index is -2.66. The first-order chi connectivity index (χ1) is 46.4. The summed E-state index contributed by atoms with van der Waals surface area (Å²) in [7, 11) is 9.47. The van der Waals surface area contributed by atoms with E-state index in [9.17, 15) is 71.1 Å². The molecule has 4 heterocycles. The molecule has 6 aromatic rings. The molecule has 30 heteroatoms. The van der Waals surface area contributed by atoms with Gasteiger partial charge in [-0.1, -0.05) is 13.8 Å². The normalized spacial score (nSPS) is 35.4. The Morgan fingerprint density at radius 2 is 0.939 bits per heavy atom. The monoisotopic (exact) mass is 1380 g/mol. The van der Waals surface area contributed by atoms with Crippen molar-refractivity contribution >= 4 is 54.7 Å². The van der Waals surface area contributed by atoms with Crippen LogP contribution in [0.15, 0.2) is 43.4 Å². The summed E-state index contributed by atoms with van der Waals surface area (Å²) in [6.45, 7) is 9.34. The number of phenols is 4. The molecule has 12 rings (SSSR count). The van der Waals surface area contributed by atoms with Crippen LogP contribution in [0.5, 0.6) is 23.0 Å². The van der Waals surface area contributed by atoms with Gasteiger partial charge in [-0.05, 0) is 93.0 Å². The molecule has 4 aliphatic heterocycles. The number of nitrogens with zero attached hydrogens (tertiary/aromatic N) is 6. The summed E-state index contributed by atoms with van der Waals surface area (Å²) in [5, 5.41) is 90.9. The number of carbonyl (C=O) groups is 2. The molecule has 98 heavy (non-hydrogen) atoms. The average molecular weight is 1380 g/mol. The van der Waals surface area contributed by atoms with Crippen molar-refractivity contribution in [2.24, 2.45) is 11.8 Å². The SMILES string of the molecule is CCC1(OC2CC(O)C(N(C)C)C(C)O2)c2c(c3c(O)c4c(=O)ccc(=O)c4c(O)c3c2=[N+]=[N-])C(=O)C(C2C(=O)c3c(c(=[N+]=[N-])c4c(O)c5c(=O)ccc(=O)c5c(O)c34)C(OC3CC(O)C(N(C)C)C(C)O3)C2(CC)OC2CC(OC)C(O)C(C)O2)C1OC1CC(OC)C(O)C(C)O1.[HH].[HH].[HH].[HH].[HH].[HH].[HH].[HH]. The van der Waals surface area contributed by atoms with E-state index in [0.717, 1.165) is 24.3 Å². The molecule has 6 aromatic carbocycles. The fraction of sp³-hybridized carbons (Fsp3) is 0.588. The van der Waals surface area contributed by atoms with Gasteiger partial charge in [0.15, 0.2) is 58.4 Å². The minimum Gasteiger partial charge on any atom is -0.506 e. The Hall–Kier alpha value is -7.26. The third-order valence-corrected chi connectivity index (χ3v) is 21.5. The maximum Gasteiger partial charge on any atom is 0.333 e. The lowest BCUT2D eigenvalue weighted by atomic mass is 9.57. The Labute approximate surface area is 570 Å². The highest BCUT2D eigenvalue weighted by molar-refractivity contribution is 6.25. The first kappa shape index (κ1) is 70.6. The molecule has 22 atom stereocenters. The molecule has 4 fully saturated rings. The molecule has 8 N–H and O–H groups in total. The van der Waals surface area contributed by atoms with Gasteiger partial charge in [0.2, 0.25) is 0 Å².